The molecular weight excluding hydrogens is 583 g/mol. The van der Waals surface area contributed by atoms with Crippen molar-refractivity contribution in [3.05, 3.63) is 76.8 Å². The van der Waals surface area contributed by atoms with E-state index in [4.69, 9.17) is 26.8 Å². The Balaban J connectivity index is 1.47. The number of fused-ring (bicyclic) bond motifs is 1. The first kappa shape index (κ1) is 31.1. The molecule has 4 N–H and O–H groups in total. The molecule has 0 unspecified atom stereocenters. The predicted octanol–water partition coefficient (Wildman–Crippen LogP) is 7.40. The summed E-state index contributed by atoms with van der Waals surface area (Å²) in [6.45, 7) is 7.58. The average Bonchev–Trinajstić information content (AvgIpc) is 3.39. The van der Waals surface area contributed by atoms with E-state index in [1.807, 2.05) is 56.6 Å². The normalized spacial score (nSPS) is 17.4. The standard InChI is InChI=1S/C33H38ClFN6O3/c1-19-14-24(43-5)11-12-25(19)20-15-29-30(38-22-7-9-23(10-8-22)39-32(42)44-33(2,3)4)26(17-37-41(29)18-20)31(36)40-28-16-21(35)6-13-27(28)34/h6,11-18,22-23,38H,7-10H2,1-5H3,(H2,36,40)(H,39,42). The zero-order chi connectivity index (χ0) is 31.6. The molecule has 2 aromatic heterocycles. The van der Waals surface area contributed by atoms with Crippen molar-refractivity contribution in [1.82, 2.24) is 14.9 Å². The van der Waals surface area contributed by atoms with Crippen molar-refractivity contribution >= 4 is 40.4 Å². The second-order valence-electron chi connectivity index (χ2n) is 12.1. The molecule has 1 saturated carbocycles. The van der Waals surface area contributed by atoms with E-state index in [-0.39, 0.29) is 28.6 Å². The van der Waals surface area contributed by atoms with Gasteiger partial charge in [-0.2, -0.15) is 5.10 Å². The number of carbonyl (C=O) groups is 1. The lowest BCUT2D eigenvalue weighted by Gasteiger charge is -2.31. The van der Waals surface area contributed by atoms with Crippen molar-refractivity contribution in [1.29, 1.82) is 0 Å². The van der Waals surface area contributed by atoms with Crippen LogP contribution in [0.5, 0.6) is 5.75 Å². The molecule has 2 aromatic carbocycles. The zero-order valence-electron chi connectivity index (χ0n) is 25.6. The van der Waals surface area contributed by atoms with Gasteiger partial charge in [0.1, 0.15) is 23.0 Å². The van der Waals surface area contributed by atoms with Gasteiger partial charge in [0, 0.05) is 29.9 Å². The number of alkyl carbamates (subject to hydrolysis) is 1. The van der Waals surface area contributed by atoms with Gasteiger partial charge in [-0.3, -0.25) is 0 Å². The molecular formula is C33H38ClFN6O3. The van der Waals surface area contributed by atoms with Crippen LogP contribution in [0, 0.1) is 12.7 Å². The minimum absolute atomic E-state index is 0.0273. The number of hydrogen-bond acceptors (Lipinski definition) is 6. The number of aryl methyl sites for hydroxylation is 1. The Bertz CT molecular complexity index is 1710. The maximum Gasteiger partial charge on any atom is 0.407 e. The molecule has 1 amide bonds. The predicted molar refractivity (Wildman–Crippen MR) is 173 cm³/mol. The number of benzene rings is 2. The molecule has 0 atom stereocenters. The lowest BCUT2D eigenvalue weighted by Crippen LogP contribution is -2.42. The summed E-state index contributed by atoms with van der Waals surface area (Å²) in [7, 11) is 1.65. The van der Waals surface area contributed by atoms with Crippen LogP contribution in [0.25, 0.3) is 16.6 Å². The molecule has 0 saturated heterocycles. The van der Waals surface area contributed by atoms with Crippen molar-refractivity contribution in [2.75, 3.05) is 12.4 Å². The number of aliphatic imine (C=N–C) groups is 1. The van der Waals surface area contributed by atoms with Crippen molar-refractivity contribution in [2.24, 2.45) is 10.7 Å². The third-order valence-corrected chi connectivity index (χ3v) is 7.92. The van der Waals surface area contributed by atoms with E-state index in [1.165, 1.54) is 18.2 Å². The fourth-order valence-corrected chi connectivity index (χ4v) is 5.62. The summed E-state index contributed by atoms with van der Waals surface area (Å²) in [5.41, 5.74) is 11.5. The minimum atomic E-state index is -0.552. The van der Waals surface area contributed by atoms with Gasteiger partial charge < -0.3 is 25.8 Å². The van der Waals surface area contributed by atoms with Gasteiger partial charge in [-0.15, -0.1) is 0 Å². The Morgan fingerprint density at radius 1 is 1.11 bits per heavy atom. The van der Waals surface area contributed by atoms with Crippen LogP contribution in [-0.4, -0.2) is 46.3 Å². The van der Waals surface area contributed by atoms with E-state index < -0.39 is 17.5 Å². The first-order chi connectivity index (χ1) is 20.9. The summed E-state index contributed by atoms with van der Waals surface area (Å²) >= 11 is 6.30. The fourth-order valence-electron chi connectivity index (χ4n) is 5.46. The number of hydrogen-bond donors (Lipinski definition) is 3. The molecule has 1 aliphatic rings. The van der Waals surface area contributed by atoms with Crippen molar-refractivity contribution in [3.8, 4) is 16.9 Å². The van der Waals surface area contributed by atoms with Crippen molar-refractivity contribution in [2.45, 2.75) is 71.1 Å². The highest BCUT2D eigenvalue weighted by Crippen LogP contribution is 2.34. The molecule has 0 aliphatic heterocycles. The van der Waals surface area contributed by atoms with Gasteiger partial charge in [-0.05, 0) is 94.8 Å². The summed E-state index contributed by atoms with van der Waals surface area (Å²) < 4.78 is 26.6. The van der Waals surface area contributed by atoms with Crippen LogP contribution in [0.2, 0.25) is 5.02 Å². The molecule has 232 valence electrons. The van der Waals surface area contributed by atoms with E-state index in [9.17, 15) is 9.18 Å². The molecule has 11 heteroatoms. The van der Waals surface area contributed by atoms with E-state index in [1.54, 1.807) is 13.3 Å². The summed E-state index contributed by atoms with van der Waals surface area (Å²) in [6.07, 6.45) is 6.42. The lowest BCUT2D eigenvalue weighted by atomic mass is 9.91. The Hall–Kier alpha value is -4.31. The number of aromatic nitrogens is 2. The van der Waals surface area contributed by atoms with Crippen molar-refractivity contribution in [3.63, 3.8) is 0 Å². The number of nitrogens with two attached hydrogens (primary N) is 1. The molecule has 1 aliphatic carbocycles. The number of amidine groups is 1. The summed E-state index contributed by atoms with van der Waals surface area (Å²) in [5.74, 6) is 0.476. The van der Waals surface area contributed by atoms with Gasteiger partial charge in [0.2, 0.25) is 0 Å². The minimum Gasteiger partial charge on any atom is -0.497 e. The summed E-state index contributed by atoms with van der Waals surface area (Å²) in [6, 6.07) is 12.1. The van der Waals surface area contributed by atoms with Gasteiger partial charge in [-0.1, -0.05) is 17.7 Å². The van der Waals surface area contributed by atoms with Gasteiger partial charge in [0.25, 0.3) is 0 Å². The molecule has 0 spiro atoms. The maximum atomic E-state index is 14.0. The highest BCUT2D eigenvalue weighted by atomic mass is 35.5. The Kier molecular flexibility index (Phi) is 9.01. The second kappa shape index (κ2) is 12.7. The van der Waals surface area contributed by atoms with E-state index in [2.05, 4.69) is 26.8 Å². The Morgan fingerprint density at radius 2 is 1.84 bits per heavy atom. The molecule has 9 nitrogen and oxygen atoms in total. The van der Waals surface area contributed by atoms with Gasteiger partial charge in [0.15, 0.2) is 0 Å². The molecule has 1 fully saturated rings. The first-order valence-electron chi connectivity index (χ1n) is 14.6. The van der Waals surface area contributed by atoms with Crippen LogP contribution in [0.4, 0.5) is 20.6 Å². The number of rotatable bonds is 7. The lowest BCUT2D eigenvalue weighted by molar-refractivity contribution is 0.0492. The molecule has 0 bridgehead atoms. The SMILES string of the molecule is COc1ccc(-c2cc3c(NC4CCC(NC(=O)OC(C)(C)C)CC4)c(C(N)=Nc4cc(F)ccc4Cl)cnn3c2)c(C)c1. The molecule has 44 heavy (non-hydrogen) atoms. The summed E-state index contributed by atoms with van der Waals surface area (Å²) in [4.78, 5) is 16.8. The average molecular weight is 621 g/mol. The maximum absolute atomic E-state index is 14.0. The summed E-state index contributed by atoms with van der Waals surface area (Å²) in [5, 5.41) is 11.6. The topological polar surface area (TPSA) is 115 Å². The first-order valence-corrected chi connectivity index (χ1v) is 15.0. The number of nitrogens with zero attached hydrogens (tertiary/aromatic N) is 3. The van der Waals surface area contributed by atoms with Crippen LogP contribution in [0.15, 0.2) is 59.9 Å². The number of amides is 1. The number of carbonyl (C=O) groups excluding carboxylic acids is 1. The largest absolute Gasteiger partial charge is 0.497 e. The van der Waals surface area contributed by atoms with Gasteiger partial charge >= 0.3 is 6.09 Å². The van der Waals surface area contributed by atoms with E-state index in [0.717, 1.165) is 59.3 Å². The molecule has 0 radical (unpaired) electrons. The fraction of sp³-hybridized carbons (Fsp3) is 0.364. The van der Waals surface area contributed by atoms with Gasteiger partial charge in [0.05, 0.1) is 40.8 Å². The third kappa shape index (κ3) is 7.24. The molecule has 4 aromatic rings. The Morgan fingerprint density at radius 3 is 2.52 bits per heavy atom. The number of ether oxygens (including phenoxy) is 2. The smallest absolute Gasteiger partial charge is 0.407 e. The number of anilines is 1. The molecule has 2 heterocycles. The van der Waals surface area contributed by atoms with Crippen LogP contribution in [0.1, 0.15) is 57.6 Å². The zero-order valence-corrected chi connectivity index (χ0v) is 26.3. The number of halogens is 2. The van der Waals surface area contributed by atoms with Crippen molar-refractivity contribution < 1.29 is 18.7 Å². The monoisotopic (exact) mass is 620 g/mol. The third-order valence-electron chi connectivity index (χ3n) is 7.60. The van der Waals surface area contributed by atoms with Crippen LogP contribution < -0.4 is 21.1 Å². The van der Waals surface area contributed by atoms with E-state index >= 15 is 0 Å². The number of methoxy groups -OCH3 is 1. The quantitative estimate of drug-likeness (QED) is 0.146. The van der Waals surface area contributed by atoms with E-state index in [0.29, 0.717) is 5.56 Å². The van der Waals surface area contributed by atoms with Crippen LogP contribution >= 0.6 is 11.6 Å². The highest BCUT2D eigenvalue weighted by molar-refractivity contribution is 6.33. The van der Waals surface area contributed by atoms with Gasteiger partial charge in [-0.25, -0.2) is 18.7 Å². The molecule has 5 rings (SSSR count). The Labute approximate surface area is 261 Å². The second-order valence-corrected chi connectivity index (χ2v) is 12.5. The van der Waals surface area contributed by atoms with Crippen LogP contribution in [0.3, 0.4) is 0 Å². The number of nitrogens with one attached hydrogen (secondary N) is 2. The van der Waals surface area contributed by atoms with Crippen LogP contribution in [-0.2, 0) is 4.74 Å². The highest BCUT2D eigenvalue weighted by Gasteiger charge is 2.26.